The van der Waals surface area contributed by atoms with Crippen LogP contribution in [-0.2, 0) is 19.9 Å². The Morgan fingerprint density at radius 1 is 0.852 bits per heavy atom. The van der Waals surface area contributed by atoms with Gasteiger partial charge in [-0.25, -0.2) is 16.8 Å². The normalized spacial score (nSPS) is 12.1. The molecule has 1 amide bonds. The van der Waals surface area contributed by atoms with E-state index in [9.17, 15) is 21.6 Å². The van der Waals surface area contributed by atoms with E-state index in [-0.39, 0.29) is 9.79 Å². The van der Waals surface area contributed by atoms with E-state index in [1.165, 1.54) is 52.8 Å². The Hall–Kier alpha value is -2.23. The fraction of sp³-hybridized carbons (Fsp3) is 0.278. The van der Waals surface area contributed by atoms with Crippen molar-refractivity contribution in [3.8, 4) is 0 Å². The van der Waals surface area contributed by atoms with Gasteiger partial charge in [0.1, 0.15) is 0 Å². The lowest BCUT2D eigenvalue weighted by Gasteiger charge is -2.18. The molecule has 9 heteroatoms. The molecule has 2 aromatic rings. The van der Waals surface area contributed by atoms with E-state index in [2.05, 4.69) is 5.32 Å². The van der Waals surface area contributed by atoms with Crippen LogP contribution in [0.2, 0.25) is 0 Å². The SMILES string of the molecule is CCN(CC)S(=O)(=O)c1ccc(NC(=O)c2ccc(S(C)(=O)=O)cc2)cc1. The topological polar surface area (TPSA) is 101 Å². The molecular formula is C18H22N2O5S2. The Bertz CT molecular complexity index is 1010. The van der Waals surface area contributed by atoms with E-state index in [4.69, 9.17) is 0 Å². The number of hydrogen-bond donors (Lipinski definition) is 1. The molecule has 0 spiro atoms. The monoisotopic (exact) mass is 410 g/mol. The number of rotatable bonds is 7. The maximum absolute atomic E-state index is 12.5. The molecule has 146 valence electrons. The van der Waals surface area contributed by atoms with Gasteiger partial charge in [0.25, 0.3) is 5.91 Å². The van der Waals surface area contributed by atoms with Gasteiger partial charge in [0, 0.05) is 30.6 Å². The lowest BCUT2D eigenvalue weighted by molar-refractivity contribution is 0.102. The van der Waals surface area contributed by atoms with E-state index in [0.29, 0.717) is 24.3 Å². The zero-order chi connectivity index (χ0) is 20.2. The van der Waals surface area contributed by atoms with Crippen molar-refractivity contribution in [1.29, 1.82) is 0 Å². The summed E-state index contributed by atoms with van der Waals surface area (Å²) in [5, 5.41) is 2.66. The van der Waals surface area contributed by atoms with Gasteiger partial charge in [0.15, 0.2) is 9.84 Å². The molecular weight excluding hydrogens is 388 g/mol. The number of sulfonamides is 1. The van der Waals surface area contributed by atoms with Crippen molar-refractivity contribution in [2.24, 2.45) is 0 Å². The number of anilines is 1. The van der Waals surface area contributed by atoms with Gasteiger partial charge in [0.05, 0.1) is 9.79 Å². The highest BCUT2D eigenvalue weighted by Gasteiger charge is 2.21. The highest BCUT2D eigenvalue weighted by atomic mass is 32.2. The molecule has 0 fully saturated rings. The number of hydrogen-bond acceptors (Lipinski definition) is 5. The second-order valence-corrected chi connectivity index (χ2v) is 9.82. The summed E-state index contributed by atoms with van der Waals surface area (Å²) in [6, 6.07) is 11.5. The van der Waals surface area contributed by atoms with Crippen molar-refractivity contribution < 1.29 is 21.6 Å². The van der Waals surface area contributed by atoms with Crippen LogP contribution < -0.4 is 5.32 Å². The van der Waals surface area contributed by atoms with Crippen molar-refractivity contribution in [2.45, 2.75) is 23.6 Å². The number of amides is 1. The second kappa shape index (κ2) is 8.20. The molecule has 0 aliphatic rings. The van der Waals surface area contributed by atoms with E-state index in [0.717, 1.165) is 6.26 Å². The quantitative estimate of drug-likeness (QED) is 0.755. The van der Waals surface area contributed by atoms with Crippen molar-refractivity contribution in [3.05, 3.63) is 54.1 Å². The summed E-state index contributed by atoms with van der Waals surface area (Å²) in [4.78, 5) is 12.6. The van der Waals surface area contributed by atoms with Crippen LogP contribution in [0, 0.1) is 0 Å². The third kappa shape index (κ3) is 4.94. The van der Waals surface area contributed by atoms with Gasteiger partial charge in [-0.05, 0) is 48.5 Å². The fourth-order valence-electron chi connectivity index (χ4n) is 2.48. The zero-order valence-corrected chi connectivity index (χ0v) is 17.0. The Morgan fingerprint density at radius 2 is 1.33 bits per heavy atom. The minimum atomic E-state index is -3.55. The first-order valence-corrected chi connectivity index (χ1v) is 11.6. The molecule has 1 N–H and O–H groups in total. The summed E-state index contributed by atoms with van der Waals surface area (Å²) in [5.74, 6) is -0.422. The third-order valence-electron chi connectivity index (χ3n) is 4.00. The van der Waals surface area contributed by atoms with Crippen LogP contribution in [0.15, 0.2) is 58.3 Å². The number of nitrogens with one attached hydrogen (secondary N) is 1. The first-order chi connectivity index (χ1) is 12.6. The molecule has 0 aromatic heterocycles. The molecule has 0 saturated heterocycles. The first-order valence-electron chi connectivity index (χ1n) is 8.31. The Kier molecular flexibility index (Phi) is 6.40. The summed E-state index contributed by atoms with van der Waals surface area (Å²) in [7, 11) is -6.88. The van der Waals surface area contributed by atoms with Crippen LogP contribution in [0.1, 0.15) is 24.2 Å². The van der Waals surface area contributed by atoms with Crippen LogP contribution in [0.25, 0.3) is 0 Å². The number of benzene rings is 2. The predicted octanol–water partition coefficient (Wildman–Crippen LogP) is 2.37. The van der Waals surface area contributed by atoms with Crippen molar-refractivity contribution in [3.63, 3.8) is 0 Å². The van der Waals surface area contributed by atoms with Gasteiger partial charge in [-0.15, -0.1) is 0 Å². The lowest BCUT2D eigenvalue weighted by atomic mass is 10.2. The van der Waals surface area contributed by atoms with E-state index >= 15 is 0 Å². The number of sulfone groups is 1. The predicted molar refractivity (Wildman–Crippen MR) is 104 cm³/mol. The fourth-order valence-corrected chi connectivity index (χ4v) is 4.57. The molecule has 0 aliphatic heterocycles. The lowest BCUT2D eigenvalue weighted by Crippen LogP contribution is -2.30. The molecule has 27 heavy (non-hydrogen) atoms. The van der Waals surface area contributed by atoms with Gasteiger partial charge < -0.3 is 5.32 Å². The molecule has 0 heterocycles. The highest BCUT2D eigenvalue weighted by Crippen LogP contribution is 2.19. The van der Waals surface area contributed by atoms with Crippen molar-refractivity contribution >= 4 is 31.5 Å². The first kappa shape index (κ1) is 21.1. The van der Waals surface area contributed by atoms with Gasteiger partial charge in [-0.3, -0.25) is 4.79 Å². The molecule has 0 radical (unpaired) electrons. The molecule has 0 atom stereocenters. The Balaban J connectivity index is 2.16. The summed E-state index contributed by atoms with van der Waals surface area (Å²) < 4.78 is 49.2. The van der Waals surface area contributed by atoms with Crippen molar-refractivity contribution in [2.75, 3.05) is 24.7 Å². The molecule has 0 aliphatic carbocycles. The van der Waals surface area contributed by atoms with E-state index in [1.807, 2.05) is 0 Å². The minimum absolute atomic E-state index is 0.130. The number of carbonyl (C=O) groups excluding carboxylic acids is 1. The molecule has 2 aromatic carbocycles. The zero-order valence-electron chi connectivity index (χ0n) is 15.3. The average Bonchev–Trinajstić information content (AvgIpc) is 2.62. The van der Waals surface area contributed by atoms with Crippen LogP contribution in [-0.4, -0.2) is 46.4 Å². The summed E-state index contributed by atoms with van der Waals surface area (Å²) in [6.07, 6.45) is 1.09. The molecule has 7 nitrogen and oxygen atoms in total. The van der Waals surface area contributed by atoms with Gasteiger partial charge in [-0.1, -0.05) is 13.8 Å². The minimum Gasteiger partial charge on any atom is -0.322 e. The Labute approximate surface area is 160 Å². The summed E-state index contributed by atoms with van der Waals surface area (Å²) >= 11 is 0. The smallest absolute Gasteiger partial charge is 0.255 e. The molecule has 2 rings (SSSR count). The highest BCUT2D eigenvalue weighted by molar-refractivity contribution is 7.90. The van der Waals surface area contributed by atoms with E-state index in [1.54, 1.807) is 13.8 Å². The molecule has 0 bridgehead atoms. The Morgan fingerprint density at radius 3 is 1.78 bits per heavy atom. The number of carbonyl (C=O) groups is 1. The average molecular weight is 411 g/mol. The second-order valence-electron chi connectivity index (χ2n) is 5.86. The van der Waals surface area contributed by atoms with Crippen LogP contribution in [0.4, 0.5) is 5.69 Å². The van der Waals surface area contributed by atoms with Gasteiger partial charge >= 0.3 is 0 Å². The van der Waals surface area contributed by atoms with Gasteiger partial charge in [0.2, 0.25) is 10.0 Å². The molecule has 0 unspecified atom stereocenters. The molecule has 0 saturated carbocycles. The summed E-state index contributed by atoms with van der Waals surface area (Å²) in [5.41, 5.74) is 0.730. The third-order valence-corrected chi connectivity index (χ3v) is 7.19. The standard InChI is InChI=1S/C18H22N2O5S2/c1-4-20(5-2)27(24,25)17-12-8-15(9-13-17)19-18(21)14-6-10-16(11-7-14)26(3,22)23/h6-13H,4-5H2,1-3H3,(H,19,21). The van der Waals surface area contributed by atoms with Gasteiger partial charge in [-0.2, -0.15) is 4.31 Å². The summed E-state index contributed by atoms with van der Waals surface area (Å²) in [6.45, 7) is 4.29. The maximum atomic E-state index is 12.5. The van der Waals surface area contributed by atoms with Crippen molar-refractivity contribution in [1.82, 2.24) is 4.31 Å². The van der Waals surface area contributed by atoms with Crippen LogP contribution in [0.3, 0.4) is 0 Å². The largest absolute Gasteiger partial charge is 0.322 e. The maximum Gasteiger partial charge on any atom is 0.255 e. The van der Waals surface area contributed by atoms with Crippen LogP contribution in [0.5, 0.6) is 0 Å². The van der Waals surface area contributed by atoms with Crippen LogP contribution >= 0.6 is 0 Å². The number of nitrogens with zero attached hydrogens (tertiary/aromatic N) is 1. The van der Waals surface area contributed by atoms with E-state index < -0.39 is 25.8 Å².